The van der Waals surface area contributed by atoms with Crippen molar-refractivity contribution in [2.45, 2.75) is 66.7 Å². The zero-order chi connectivity index (χ0) is 15.3. The first-order valence-electron chi connectivity index (χ1n) is 7.12. The van der Waals surface area contributed by atoms with Gasteiger partial charge in [0.05, 0.1) is 0 Å². The summed E-state index contributed by atoms with van der Waals surface area (Å²) in [5, 5.41) is 30.3. The van der Waals surface area contributed by atoms with Gasteiger partial charge >= 0.3 is 0 Å². The maximum absolute atomic E-state index is 10.2. The predicted molar refractivity (Wildman–Crippen MR) is 80.3 cm³/mol. The van der Waals surface area contributed by atoms with E-state index in [1.54, 1.807) is 0 Å². The fourth-order valence-corrected chi connectivity index (χ4v) is 2.33. The van der Waals surface area contributed by atoms with E-state index in [1.807, 2.05) is 48.5 Å². The van der Waals surface area contributed by atoms with E-state index in [0.717, 1.165) is 5.56 Å². The maximum atomic E-state index is 10.2. The van der Waals surface area contributed by atoms with Crippen molar-refractivity contribution in [3.63, 3.8) is 0 Å². The summed E-state index contributed by atoms with van der Waals surface area (Å²) in [6.45, 7) is 13.6. The molecule has 3 N–H and O–H groups in total. The van der Waals surface area contributed by atoms with Crippen LogP contribution in [0.5, 0.6) is 17.2 Å². The molecular formula is C16H28O3. The SMILES string of the molecule is CC.CCc1c(O)c(C(C)C)c(O)c(O)c1C(C)C. The minimum Gasteiger partial charge on any atom is -0.507 e. The Morgan fingerprint density at radius 1 is 0.737 bits per heavy atom. The van der Waals surface area contributed by atoms with Crippen LogP contribution >= 0.6 is 0 Å². The molecular weight excluding hydrogens is 240 g/mol. The Hall–Kier alpha value is -1.38. The second-order valence-electron chi connectivity index (χ2n) is 5.01. The van der Waals surface area contributed by atoms with E-state index in [9.17, 15) is 15.3 Å². The van der Waals surface area contributed by atoms with Gasteiger partial charge in [-0.2, -0.15) is 0 Å². The molecule has 1 aromatic rings. The van der Waals surface area contributed by atoms with Gasteiger partial charge in [-0.1, -0.05) is 48.5 Å². The molecule has 1 rings (SSSR count). The lowest BCUT2D eigenvalue weighted by atomic mass is 9.88. The van der Waals surface area contributed by atoms with Crippen LogP contribution < -0.4 is 0 Å². The number of benzene rings is 1. The minimum absolute atomic E-state index is 0.0348. The molecule has 0 aliphatic carbocycles. The Morgan fingerprint density at radius 2 is 1.11 bits per heavy atom. The van der Waals surface area contributed by atoms with Gasteiger partial charge in [0.2, 0.25) is 0 Å². The van der Waals surface area contributed by atoms with Crippen LogP contribution in [-0.4, -0.2) is 15.3 Å². The third kappa shape index (κ3) is 3.34. The van der Waals surface area contributed by atoms with Gasteiger partial charge < -0.3 is 15.3 Å². The quantitative estimate of drug-likeness (QED) is 0.553. The number of hydrogen-bond donors (Lipinski definition) is 3. The van der Waals surface area contributed by atoms with Crippen LogP contribution in [0.2, 0.25) is 0 Å². The van der Waals surface area contributed by atoms with Gasteiger partial charge in [0.25, 0.3) is 0 Å². The molecule has 0 aliphatic rings. The minimum atomic E-state index is -0.182. The van der Waals surface area contributed by atoms with Crippen molar-refractivity contribution in [2.75, 3.05) is 0 Å². The predicted octanol–water partition coefficient (Wildman–Crippen LogP) is 4.64. The number of phenols is 3. The molecule has 0 aliphatic heterocycles. The summed E-state index contributed by atoms with van der Waals surface area (Å²) in [7, 11) is 0. The zero-order valence-electron chi connectivity index (χ0n) is 13.2. The highest BCUT2D eigenvalue weighted by atomic mass is 16.3. The van der Waals surface area contributed by atoms with Crippen molar-refractivity contribution >= 4 is 0 Å². The molecule has 0 atom stereocenters. The lowest BCUT2D eigenvalue weighted by Gasteiger charge is -2.21. The van der Waals surface area contributed by atoms with Crippen LogP contribution in [0.3, 0.4) is 0 Å². The van der Waals surface area contributed by atoms with E-state index < -0.39 is 0 Å². The summed E-state index contributed by atoms with van der Waals surface area (Å²) < 4.78 is 0. The smallest absolute Gasteiger partial charge is 0.165 e. The normalized spacial score (nSPS) is 10.6. The van der Waals surface area contributed by atoms with Gasteiger partial charge in [0.1, 0.15) is 5.75 Å². The first-order chi connectivity index (χ1) is 8.82. The second-order valence-corrected chi connectivity index (χ2v) is 5.01. The van der Waals surface area contributed by atoms with Crippen molar-refractivity contribution in [3.05, 3.63) is 16.7 Å². The van der Waals surface area contributed by atoms with Crippen LogP contribution in [0.4, 0.5) is 0 Å². The van der Waals surface area contributed by atoms with Crippen molar-refractivity contribution in [3.8, 4) is 17.2 Å². The molecule has 0 spiro atoms. The number of hydrogen-bond acceptors (Lipinski definition) is 3. The van der Waals surface area contributed by atoms with Crippen LogP contribution in [-0.2, 0) is 6.42 Å². The van der Waals surface area contributed by atoms with Gasteiger partial charge in [0, 0.05) is 16.7 Å². The molecule has 0 saturated carbocycles. The standard InChI is InChI=1S/C14H22O3.C2H6/c1-6-9-10(7(2)3)13(16)14(17)11(8(4)5)12(9)15;1-2/h7-8,15-17H,6H2,1-5H3;1-2H3. The molecule has 0 radical (unpaired) electrons. The molecule has 110 valence electrons. The van der Waals surface area contributed by atoms with Crippen molar-refractivity contribution < 1.29 is 15.3 Å². The van der Waals surface area contributed by atoms with Crippen LogP contribution in [0.1, 0.15) is 77.0 Å². The summed E-state index contributed by atoms with van der Waals surface area (Å²) in [6.07, 6.45) is 0.632. The number of phenolic OH excluding ortho intramolecular Hbond substituents is 3. The second kappa shape index (κ2) is 7.27. The van der Waals surface area contributed by atoms with Gasteiger partial charge in [0.15, 0.2) is 11.5 Å². The molecule has 0 aromatic heterocycles. The Kier molecular flexibility index (Phi) is 6.74. The van der Waals surface area contributed by atoms with Gasteiger partial charge in [-0.05, 0) is 18.3 Å². The molecule has 3 nitrogen and oxygen atoms in total. The lowest BCUT2D eigenvalue weighted by molar-refractivity contribution is 0.378. The molecule has 0 amide bonds. The summed E-state index contributed by atoms with van der Waals surface area (Å²) in [4.78, 5) is 0. The number of rotatable bonds is 3. The lowest BCUT2D eigenvalue weighted by Crippen LogP contribution is -2.01. The summed E-state index contributed by atoms with van der Waals surface area (Å²) in [6, 6.07) is 0. The zero-order valence-corrected chi connectivity index (χ0v) is 13.2. The first-order valence-corrected chi connectivity index (χ1v) is 7.12. The summed E-state index contributed by atoms with van der Waals surface area (Å²) >= 11 is 0. The Labute approximate surface area is 116 Å². The summed E-state index contributed by atoms with van der Waals surface area (Å²) in [5.41, 5.74) is 1.81. The average Bonchev–Trinajstić information content (AvgIpc) is 2.35. The topological polar surface area (TPSA) is 60.7 Å². The summed E-state index contributed by atoms with van der Waals surface area (Å²) in [5.74, 6) is -0.117. The van der Waals surface area contributed by atoms with Gasteiger partial charge in [-0.3, -0.25) is 0 Å². The molecule has 0 unspecified atom stereocenters. The molecule has 19 heavy (non-hydrogen) atoms. The molecule has 0 saturated heterocycles. The highest BCUT2D eigenvalue weighted by Crippen LogP contribution is 2.48. The van der Waals surface area contributed by atoms with E-state index in [0.29, 0.717) is 17.5 Å². The van der Waals surface area contributed by atoms with Crippen LogP contribution in [0.15, 0.2) is 0 Å². The van der Waals surface area contributed by atoms with Crippen molar-refractivity contribution in [1.82, 2.24) is 0 Å². The van der Waals surface area contributed by atoms with Gasteiger partial charge in [-0.25, -0.2) is 0 Å². The largest absolute Gasteiger partial charge is 0.507 e. The molecule has 0 fully saturated rings. The van der Waals surface area contributed by atoms with Crippen LogP contribution in [0, 0.1) is 0 Å². The van der Waals surface area contributed by atoms with Gasteiger partial charge in [-0.15, -0.1) is 0 Å². The monoisotopic (exact) mass is 268 g/mol. The average molecular weight is 268 g/mol. The molecule has 0 heterocycles. The number of aromatic hydroxyl groups is 3. The van der Waals surface area contributed by atoms with E-state index in [2.05, 4.69) is 0 Å². The molecule has 3 heteroatoms. The van der Waals surface area contributed by atoms with Crippen molar-refractivity contribution in [2.24, 2.45) is 0 Å². The Balaban J connectivity index is 0.00000154. The third-order valence-electron chi connectivity index (χ3n) is 3.11. The fraction of sp³-hybridized carbons (Fsp3) is 0.625. The Bertz CT molecular complexity index is 421. The van der Waals surface area contributed by atoms with Crippen molar-refractivity contribution in [1.29, 1.82) is 0 Å². The maximum Gasteiger partial charge on any atom is 0.165 e. The molecule has 0 bridgehead atoms. The van der Waals surface area contributed by atoms with E-state index >= 15 is 0 Å². The van der Waals surface area contributed by atoms with E-state index in [1.165, 1.54) is 0 Å². The highest BCUT2D eigenvalue weighted by Gasteiger charge is 2.25. The first kappa shape index (κ1) is 17.6. The van der Waals surface area contributed by atoms with Crippen LogP contribution in [0.25, 0.3) is 0 Å². The Morgan fingerprint density at radius 3 is 1.42 bits per heavy atom. The molecule has 1 aromatic carbocycles. The third-order valence-corrected chi connectivity index (χ3v) is 3.11. The fourth-order valence-electron chi connectivity index (χ4n) is 2.33. The highest BCUT2D eigenvalue weighted by molar-refractivity contribution is 5.63. The van der Waals surface area contributed by atoms with E-state index in [4.69, 9.17) is 0 Å². The van der Waals surface area contributed by atoms with E-state index in [-0.39, 0.29) is 29.1 Å².